The molecular formula is C32H35FN6O4S. The van der Waals surface area contributed by atoms with E-state index in [4.69, 9.17) is 14.8 Å². The lowest BCUT2D eigenvalue weighted by Gasteiger charge is -2.33. The van der Waals surface area contributed by atoms with Crippen molar-refractivity contribution >= 4 is 39.2 Å². The zero-order chi connectivity index (χ0) is 30.6. The highest BCUT2D eigenvalue weighted by atomic mass is 32.1. The first-order valence-electron chi connectivity index (χ1n) is 14.8. The van der Waals surface area contributed by atoms with Crippen LogP contribution in [0.5, 0.6) is 11.5 Å². The SMILES string of the molecule is CN(CCO)C(=O)[C@@H]1CCCN(Cc2ccc(-c3cc4nccc(Oc5ccc(NC(=O)NC6CC6)cc5F)c4s3)nc2)C1. The summed E-state index contributed by atoms with van der Waals surface area (Å²) in [4.78, 5) is 38.7. The summed E-state index contributed by atoms with van der Waals surface area (Å²) in [6.07, 6.45) is 7.24. The number of amides is 3. The summed E-state index contributed by atoms with van der Waals surface area (Å²) >= 11 is 1.47. The van der Waals surface area contributed by atoms with Crippen LogP contribution < -0.4 is 15.4 Å². The summed E-state index contributed by atoms with van der Waals surface area (Å²) in [7, 11) is 1.74. The number of urea groups is 1. The van der Waals surface area contributed by atoms with Gasteiger partial charge < -0.3 is 25.4 Å². The Kier molecular flexibility index (Phi) is 9.01. The zero-order valence-electron chi connectivity index (χ0n) is 24.5. The summed E-state index contributed by atoms with van der Waals surface area (Å²) in [5.74, 6) is -0.0345. The molecule has 1 aliphatic carbocycles. The van der Waals surface area contributed by atoms with Crippen molar-refractivity contribution in [2.24, 2.45) is 5.92 Å². The van der Waals surface area contributed by atoms with E-state index >= 15 is 0 Å². The topological polar surface area (TPSA) is 120 Å². The van der Waals surface area contributed by atoms with Crippen molar-refractivity contribution in [3.05, 3.63) is 66.2 Å². The normalized spacial score (nSPS) is 16.9. The summed E-state index contributed by atoms with van der Waals surface area (Å²) in [6.45, 7) is 2.64. The molecule has 230 valence electrons. The Labute approximate surface area is 258 Å². The number of aliphatic hydroxyl groups is 1. The van der Waals surface area contributed by atoms with E-state index in [9.17, 15) is 14.0 Å². The predicted octanol–water partition coefficient (Wildman–Crippen LogP) is 5.24. The van der Waals surface area contributed by atoms with Gasteiger partial charge in [-0.2, -0.15) is 0 Å². The minimum Gasteiger partial charge on any atom is -0.453 e. The number of carbonyl (C=O) groups excluding carboxylic acids is 2. The second-order valence-corrected chi connectivity index (χ2v) is 12.4. The number of piperidine rings is 1. The Balaban J connectivity index is 1.11. The fourth-order valence-electron chi connectivity index (χ4n) is 5.38. The molecule has 10 nitrogen and oxygen atoms in total. The lowest BCUT2D eigenvalue weighted by Crippen LogP contribution is -2.44. The molecule has 44 heavy (non-hydrogen) atoms. The van der Waals surface area contributed by atoms with Gasteiger partial charge in [0.2, 0.25) is 5.91 Å². The number of thiophene rings is 1. The number of rotatable bonds is 10. The molecule has 1 aliphatic heterocycles. The molecule has 4 aromatic rings. The van der Waals surface area contributed by atoms with Gasteiger partial charge in [0.05, 0.1) is 33.3 Å². The molecule has 12 heteroatoms. The van der Waals surface area contributed by atoms with E-state index in [-0.39, 0.29) is 36.3 Å². The molecule has 0 radical (unpaired) electrons. The Hall–Kier alpha value is -4.13. The second kappa shape index (κ2) is 13.2. The lowest BCUT2D eigenvalue weighted by molar-refractivity contribution is -0.136. The van der Waals surface area contributed by atoms with Gasteiger partial charge in [-0.15, -0.1) is 11.3 Å². The Morgan fingerprint density at radius 2 is 2.00 bits per heavy atom. The summed E-state index contributed by atoms with van der Waals surface area (Å²) in [6, 6.07) is 11.9. The van der Waals surface area contributed by atoms with Crippen molar-refractivity contribution in [3.63, 3.8) is 0 Å². The molecule has 6 rings (SSSR count). The fraction of sp³-hybridized carbons (Fsp3) is 0.375. The van der Waals surface area contributed by atoms with Crippen molar-refractivity contribution in [3.8, 4) is 22.1 Å². The molecule has 1 aromatic carbocycles. The number of aliphatic hydroxyl groups excluding tert-OH is 1. The van der Waals surface area contributed by atoms with E-state index in [2.05, 4.69) is 26.6 Å². The molecule has 0 unspecified atom stereocenters. The highest BCUT2D eigenvalue weighted by Crippen LogP contribution is 2.39. The average Bonchev–Trinajstić information content (AvgIpc) is 3.72. The van der Waals surface area contributed by atoms with E-state index in [1.54, 1.807) is 30.3 Å². The van der Waals surface area contributed by atoms with E-state index in [0.717, 1.165) is 58.6 Å². The monoisotopic (exact) mass is 618 g/mol. The van der Waals surface area contributed by atoms with E-state index < -0.39 is 5.82 Å². The Bertz CT molecular complexity index is 1640. The van der Waals surface area contributed by atoms with Crippen molar-refractivity contribution in [2.45, 2.75) is 38.3 Å². The fourth-order valence-corrected chi connectivity index (χ4v) is 6.42. The van der Waals surface area contributed by atoms with Crippen LogP contribution in [0.1, 0.15) is 31.2 Å². The number of hydrogen-bond acceptors (Lipinski definition) is 8. The van der Waals surface area contributed by atoms with Crippen LogP contribution in [0, 0.1) is 11.7 Å². The third-order valence-electron chi connectivity index (χ3n) is 7.85. The molecule has 4 heterocycles. The number of nitrogens with one attached hydrogen (secondary N) is 2. The van der Waals surface area contributed by atoms with Crippen LogP contribution in [0.25, 0.3) is 20.8 Å². The minimum absolute atomic E-state index is 0.0340. The maximum absolute atomic E-state index is 14.9. The third kappa shape index (κ3) is 7.15. The molecule has 1 atom stereocenters. The molecule has 3 aromatic heterocycles. The molecular weight excluding hydrogens is 583 g/mol. The molecule has 1 saturated carbocycles. The van der Waals surface area contributed by atoms with Crippen LogP contribution in [0.3, 0.4) is 0 Å². The van der Waals surface area contributed by atoms with Gasteiger partial charge in [0.15, 0.2) is 11.6 Å². The van der Waals surface area contributed by atoms with Gasteiger partial charge in [0.25, 0.3) is 0 Å². The van der Waals surface area contributed by atoms with Crippen LogP contribution in [-0.4, -0.2) is 76.1 Å². The maximum atomic E-state index is 14.9. The van der Waals surface area contributed by atoms with Gasteiger partial charge in [-0.05, 0) is 62.1 Å². The number of carbonyl (C=O) groups is 2. The van der Waals surface area contributed by atoms with Crippen molar-refractivity contribution in [1.82, 2.24) is 25.1 Å². The van der Waals surface area contributed by atoms with Crippen LogP contribution in [-0.2, 0) is 11.3 Å². The third-order valence-corrected chi connectivity index (χ3v) is 9.01. The Morgan fingerprint density at radius 3 is 2.75 bits per heavy atom. The van der Waals surface area contributed by atoms with Crippen LogP contribution in [0.4, 0.5) is 14.9 Å². The smallest absolute Gasteiger partial charge is 0.319 e. The Morgan fingerprint density at radius 1 is 1.14 bits per heavy atom. The molecule has 0 bridgehead atoms. The molecule has 2 fully saturated rings. The first kappa shape index (κ1) is 29.9. The minimum atomic E-state index is -0.588. The number of pyridine rings is 2. The highest BCUT2D eigenvalue weighted by molar-refractivity contribution is 7.22. The number of benzene rings is 1. The predicted molar refractivity (Wildman–Crippen MR) is 167 cm³/mol. The van der Waals surface area contributed by atoms with E-state index in [0.29, 0.717) is 31.1 Å². The highest BCUT2D eigenvalue weighted by Gasteiger charge is 2.28. The van der Waals surface area contributed by atoms with Gasteiger partial charge >= 0.3 is 6.03 Å². The van der Waals surface area contributed by atoms with Gasteiger partial charge in [-0.25, -0.2) is 9.18 Å². The molecule has 0 spiro atoms. The van der Waals surface area contributed by atoms with Gasteiger partial charge in [-0.1, -0.05) is 6.07 Å². The second-order valence-electron chi connectivity index (χ2n) is 11.4. The number of hydrogen-bond donors (Lipinski definition) is 3. The van der Waals surface area contributed by atoms with Crippen molar-refractivity contribution in [2.75, 3.05) is 38.6 Å². The van der Waals surface area contributed by atoms with Crippen molar-refractivity contribution < 1.29 is 23.8 Å². The number of likely N-dealkylation sites (N-methyl/N-ethyl adjacent to an activating group) is 1. The maximum Gasteiger partial charge on any atom is 0.319 e. The zero-order valence-corrected chi connectivity index (χ0v) is 25.3. The van der Waals surface area contributed by atoms with Gasteiger partial charge in [-0.3, -0.25) is 19.7 Å². The lowest BCUT2D eigenvalue weighted by atomic mass is 9.96. The molecule has 2 aliphatic rings. The number of anilines is 1. The van der Waals surface area contributed by atoms with Crippen molar-refractivity contribution in [1.29, 1.82) is 0 Å². The largest absolute Gasteiger partial charge is 0.453 e. The number of ether oxygens (including phenoxy) is 1. The van der Waals surface area contributed by atoms with Gasteiger partial charge in [0.1, 0.15) is 5.75 Å². The van der Waals surface area contributed by atoms with Crippen LogP contribution in [0.2, 0.25) is 0 Å². The standard InChI is InChI=1S/C32H35FN6O4S/c1-38(13-14-40)31(41)21-3-2-12-39(19-21)18-20-4-8-25(35-17-20)29-16-26-30(44-29)28(10-11-34-26)43-27-9-7-23(15-24(27)33)37-32(42)36-22-5-6-22/h4,7-11,15-17,21-22,40H,2-3,5-6,12-14,18-19H2,1H3,(H2,36,37,42)/t21-/m1/s1. The number of nitrogens with zero attached hydrogens (tertiary/aromatic N) is 4. The number of likely N-dealkylation sites (tertiary alicyclic amines) is 1. The first-order chi connectivity index (χ1) is 21.4. The summed E-state index contributed by atoms with van der Waals surface area (Å²) < 4.78 is 21.7. The summed E-state index contributed by atoms with van der Waals surface area (Å²) in [5.41, 5.74) is 2.93. The first-order valence-corrected chi connectivity index (χ1v) is 15.6. The molecule has 3 amide bonds. The van der Waals surface area contributed by atoms with E-state index in [1.807, 2.05) is 18.3 Å². The number of halogens is 1. The van der Waals surface area contributed by atoms with Crippen LogP contribution >= 0.6 is 11.3 Å². The quantitative estimate of drug-likeness (QED) is 0.223. The number of aromatic nitrogens is 2. The summed E-state index contributed by atoms with van der Waals surface area (Å²) in [5, 5.41) is 14.6. The molecule has 1 saturated heterocycles. The van der Waals surface area contributed by atoms with E-state index in [1.165, 1.54) is 23.5 Å². The van der Waals surface area contributed by atoms with Crippen LogP contribution in [0.15, 0.2) is 54.9 Å². The van der Waals surface area contributed by atoms with Gasteiger partial charge in [0, 0.05) is 62.9 Å². The molecule has 3 N–H and O–H groups in total. The number of fused-ring (bicyclic) bond motifs is 1. The average molecular weight is 619 g/mol.